The molecule has 1 aromatic rings. The van der Waals surface area contributed by atoms with Crippen molar-refractivity contribution >= 4 is 11.9 Å². The third-order valence-corrected chi connectivity index (χ3v) is 3.80. The van der Waals surface area contributed by atoms with Crippen molar-refractivity contribution in [1.82, 2.24) is 21.2 Å². The van der Waals surface area contributed by atoms with Gasteiger partial charge in [0.25, 0.3) is 5.91 Å². The number of nitrogens with one attached hydrogen (secondary N) is 3. The van der Waals surface area contributed by atoms with Gasteiger partial charge in [0.05, 0.1) is 0 Å². The molecule has 24 heavy (non-hydrogen) atoms. The molecule has 0 saturated heterocycles. The Balaban J connectivity index is 1.94. The van der Waals surface area contributed by atoms with Gasteiger partial charge in [0.1, 0.15) is 0 Å². The lowest BCUT2D eigenvalue weighted by atomic mass is 10.1. The van der Waals surface area contributed by atoms with E-state index < -0.39 is 6.03 Å². The zero-order valence-electron chi connectivity index (χ0n) is 14.6. The number of urea groups is 1. The summed E-state index contributed by atoms with van der Waals surface area (Å²) in [5, 5.41) is 2.73. The summed E-state index contributed by atoms with van der Waals surface area (Å²) in [5.41, 5.74) is 5.15. The summed E-state index contributed by atoms with van der Waals surface area (Å²) in [6.45, 7) is 2.85. The highest BCUT2D eigenvalue weighted by molar-refractivity contribution is 5.95. The van der Waals surface area contributed by atoms with Gasteiger partial charge in [-0.15, -0.1) is 0 Å². The lowest BCUT2D eigenvalue weighted by Gasteiger charge is -2.09. The van der Waals surface area contributed by atoms with Crippen molar-refractivity contribution in [3.05, 3.63) is 30.1 Å². The first-order valence-electron chi connectivity index (χ1n) is 8.98. The Morgan fingerprint density at radius 2 is 1.46 bits per heavy atom. The van der Waals surface area contributed by atoms with Gasteiger partial charge in [-0.3, -0.25) is 15.2 Å². The van der Waals surface area contributed by atoms with Gasteiger partial charge >= 0.3 is 6.03 Å². The van der Waals surface area contributed by atoms with Crippen molar-refractivity contribution < 1.29 is 9.59 Å². The number of aromatic nitrogens is 1. The van der Waals surface area contributed by atoms with Crippen LogP contribution in [0.25, 0.3) is 0 Å². The van der Waals surface area contributed by atoms with Crippen LogP contribution in [-0.2, 0) is 0 Å². The standard InChI is InChI=1S/C18H30N4O2/c1-2-3-4-5-6-7-8-9-10-13-20-18(24)22-21-17(23)16-11-14-19-15-12-16/h11-12,14-15H,2-10,13H2,1H3,(H,21,23)(H2,20,22,24). The van der Waals surface area contributed by atoms with Gasteiger partial charge in [0, 0.05) is 24.5 Å². The molecule has 0 bridgehead atoms. The van der Waals surface area contributed by atoms with Gasteiger partial charge in [-0.25, -0.2) is 10.2 Å². The van der Waals surface area contributed by atoms with Gasteiger partial charge in [-0.05, 0) is 18.6 Å². The van der Waals surface area contributed by atoms with E-state index in [1.165, 1.54) is 57.3 Å². The molecule has 0 aliphatic heterocycles. The van der Waals surface area contributed by atoms with Crippen LogP contribution < -0.4 is 16.2 Å². The Kier molecular flexibility index (Phi) is 11.1. The third kappa shape index (κ3) is 9.82. The van der Waals surface area contributed by atoms with Crippen molar-refractivity contribution in [2.45, 2.75) is 64.7 Å². The van der Waals surface area contributed by atoms with Crippen LogP contribution in [-0.4, -0.2) is 23.5 Å². The summed E-state index contributed by atoms with van der Waals surface area (Å²) < 4.78 is 0. The van der Waals surface area contributed by atoms with Crippen molar-refractivity contribution in [3.63, 3.8) is 0 Å². The van der Waals surface area contributed by atoms with Crippen LogP contribution in [0.1, 0.15) is 75.1 Å². The van der Waals surface area contributed by atoms with Crippen LogP contribution in [0.3, 0.4) is 0 Å². The summed E-state index contributed by atoms with van der Waals surface area (Å²) in [7, 11) is 0. The molecule has 0 aliphatic carbocycles. The highest BCUT2D eigenvalue weighted by Crippen LogP contribution is 2.09. The summed E-state index contributed by atoms with van der Waals surface area (Å²) in [5.74, 6) is -0.365. The van der Waals surface area contributed by atoms with Crippen LogP contribution >= 0.6 is 0 Å². The molecule has 1 aromatic heterocycles. The maximum absolute atomic E-state index is 11.7. The molecule has 1 rings (SSSR count). The minimum atomic E-state index is -0.392. The molecule has 0 aromatic carbocycles. The maximum Gasteiger partial charge on any atom is 0.333 e. The molecule has 0 fully saturated rings. The molecular formula is C18H30N4O2. The summed E-state index contributed by atoms with van der Waals surface area (Å²) in [4.78, 5) is 27.1. The van der Waals surface area contributed by atoms with Crippen LogP contribution in [0, 0.1) is 0 Å². The SMILES string of the molecule is CCCCCCCCCCCNC(=O)NNC(=O)c1ccncc1. The van der Waals surface area contributed by atoms with Gasteiger partial charge in [0.2, 0.25) is 0 Å². The van der Waals surface area contributed by atoms with Crippen LogP contribution in [0.5, 0.6) is 0 Å². The first-order chi connectivity index (χ1) is 11.7. The van der Waals surface area contributed by atoms with E-state index in [0.29, 0.717) is 12.1 Å². The van der Waals surface area contributed by atoms with E-state index in [1.54, 1.807) is 12.1 Å². The van der Waals surface area contributed by atoms with Crippen molar-refractivity contribution in [2.24, 2.45) is 0 Å². The molecule has 0 unspecified atom stereocenters. The molecule has 6 nitrogen and oxygen atoms in total. The fourth-order valence-electron chi connectivity index (χ4n) is 2.37. The fourth-order valence-corrected chi connectivity index (χ4v) is 2.37. The van der Waals surface area contributed by atoms with Crippen LogP contribution in [0.4, 0.5) is 4.79 Å². The molecule has 3 N–H and O–H groups in total. The number of amides is 3. The molecule has 0 saturated carbocycles. The summed E-state index contributed by atoms with van der Waals surface area (Å²) >= 11 is 0. The minimum Gasteiger partial charge on any atom is -0.337 e. The number of nitrogens with zero attached hydrogens (tertiary/aromatic N) is 1. The number of hydrogen-bond donors (Lipinski definition) is 3. The summed E-state index contributed by atoms with van der Waals surface area (Å²) in [6, 6.07) is 2.77. The largest absolute Gasteiger partial charge is 0.337 e. The first-order valence-corrected chi connectivity index (χ1v) is 8.98. The quantitative estimate of drug-likeness (QED) is 0.427. The number of rotatable bonds is 11. The molecule has 0 atom stereocenters. The van der Waals surface area contributed by atoms with Crippen LogP contribution in [0.15, 0.2) is 24.5 Å². The second-order valence-electron chi connectivity index (χ2n) is 5.90. The highest BCUT2D eigenvalue weighted by atomic mass is 16.2. The fraction of sp³-hybridized carbons (Fsp3) is 0.611. The van der Waals surface area contributed by atoms with Gasteiger partial charge in [0.15, 0.2) is 0 Å². The number of pyridine rings is 1. The number of unbranched alkanes of at least 4 members (excludes halogenated alkanes) is 8. The molecule has 1 heterocycles. The Morgan fingerprint density at radius 3 is 2.08 bits per heavy atom. The average molecular weight is 334 g/mol. The zero-order valence-corrected chi connectivity index (χ0v) is 14.6. The van der Waals surface area contributed by atoms with E-state index in [2.05, 4.69) is 28.1 Å². The maximum atomic E-state index is 11.7. The Morgan fingerprint density at radius 1 is 0.875 bits per heavy atom. The molecule has 3 amide bonds. The molecule has 0 spiro atoms. The Hall–Kier alpha value is -2.11. The molecule has 6 heteroatoms. The third-order valence-electron chi connectivity index (χ3n) is 3.80. The normalized spacial score (nSPS) is 10.2. The minimum absolute atomic E-state index is 0.365. The second-order valence-corrected chi connectivity index (χ2v) is 5.90. The number of carbonyl (C=O) groups is 2. The highest BCUT2D eigenvalue weighted by Gasteiger charge is 2.05. The number of carbonyl (C=O) groups excluding carboxylic acids is 2. The number of hydrogen-bond acceptors (Lipinski definition) is 3. The van der Waals surface area contributed by atoms with E-state index in [9.17, 15) is 9.59 Å². The summed E-state index contributed by atoms with van der Waals surface area (Å²) in [6.07, 6.45) is 14.3. The monoisotopic (exact) mass is 334 g/mol. The average Bonchev–Trinajstić information content (AvgIpc) is 2.62. The topological polar surface area (TPSA) is 83.1 Å². The van der Waals surface area contributed by atoms with Crippen LogP contribution in [0.2, 0.25) is 0 Å². The number of hydrazine groups is 1. The van der Waals surface area contributed by atoms with Gasteiger partial charge in [-0.2, -0.15) is 0 Å². The lowest BCUT2D eigenvalue weighted by molar-refractivity contribution is 0.0936. The predicted molar refractivity (Wildman–Crippen MR) is 95.5 cm³/mol. The van der Waals surface area contributed by atoms with E-state index in [0.717, 1.165) is 12.8 Å². The Labute approximate surface area is 144 Å². The smallest absolute Gasteiger partial charge is 0.333 e. The molecular weight excluding hydrogens is 304 g/mol. The lowest BCUT2D eigenvalue weighted by Crippen LogP contribution is -2.47. The second kappa shape index (κ2) is 13.3. The van der Waals surface area contributed by atoms with Crippen molar-refractivity contribution in [3.8, 4) is 0 Å². The van der Waals surface area contributed by atoms with E-state index in [4.69, 9.17) is 0 Å². The first kappa shape index (κ1) is 19.9. The van der Waals surface area contributed by atoms with Crippen molar-refractivity contribution in [1.29, 1.82) is 0 Å². The van der Waals surface area contributed by atoms with Gasteiger partial charge < -0.3 is 5.32 Å². The van der Waals surface area contributed by atoms with E-state index in [1.807, 2.05) is 0 Å². The zero-order chi connectivity index (χ0) is 17.5. The van der Waals surface area contributed by atoms with Crippen molar-refractivity contribution in [2.75, 3.05) is 6.54 Å². The molecule has 134 valence electrons. The van der Waals surface area contributed by atoms with E-state index >= 15 is 0 Å². The molecule has 0 aliphatic rings. The van der Waals surface area contributed by atoms with E-state index in [-0.39, 0.29) is 5.91 Å². The molecule has 0 radical (unpaired) electrons. The predicted octanol–water partition coefficient (Wildman–Crippen LogP) is 3.56. The Bertz CT molecular complexity index is 465. The van der Waals surface area contributed by atoms with Gasteiger partial charge in [-0.1, -0.05) is 58.3 Å².